The molecule has 2 atom stereocenters. The summed E-state index contributed by atoms with van der Waals surface area (Å²) in [6.45, 7) is 7.33. The molecule has 2 unspecified atom stereocenters. The Morgan fingerprint density at radius 1 is 1.43 bits per heavy atom. The fourth-order valence-corrected chi connectivity index (χ4v) is 1.56. The minimum absolute atomic E-state index is 0.583. The molecule has 1 aliphatic rings. The van der Waals surface area contributed by atoms with Crippen LogP contribution in [-0.4, -0.2) is 25.9 Å². The number of ether oxygens (including phenoxy) is 2. The number of unbranched alkanes of at least 4 members (excludes halogenated alkanes) is 1. The van der Waals surface area contributed by atoms with Crippen molar-refractivity contribution in [3.8, 4) is 0 Å². The van der Waals surface area contributed by atoms with Crippen molar-refractivity contribution >= 4 is 0 Å². The van der Waals surface area contributed by atoms with E-state index in [0.717, 1.165) is 25.7 Å². The highest BCUT2D eigenvalue weighted by atomic mass is 16.6. The van der Waals surface area contributed by atoms with E-state index in [0.29, 0.717) is 6.10 Å². The highest BCUT2D eigenvalue weighted by Crippen LogP contribution is 2.20. The van der Waals surface area contributed by atoms with Gasteiger partial charge in [-0.1, -0.05) is 26.7 Å². The van der Waals surface area contributed by atoms with Crippen LogP contribution in [0.3, 0.4) is 0 Å². The average molecular weight is 200 g/mol. The van der Waals surface area contributed by atoms with Gasteiger partial charge in [0.2, 0.25) is 0 Å². The van der Waals surface area contributed by atoms with Crippen LogP contribution in [0.15, 0.2) is 0 Å². The molecule has 0 spiro atoms. The van der Waals surface area contributed by atoms with E-state index in [2.05, 4.69) is 13.8 Å². The minimum Gasteiger partial charge on any atom is -0.381 e. The Balaban J connectivity index is 1.93. The molecule has 2 nitrogen and oxygen atoms in total. The summed E-state index contributed by atoms with van der Waals surface area (Å²) in [7, 11) is 0. The number of hydrogen-bond donors (Lipinski definition) is 0. The lowest BCUT2D eigenvalue weighted by atomic mass is 10.0. The number of epoxide rings is 1. The van der Waals surface area contributed by atoms with Gasteiger partial charge in [-0.25, -0.2) is 0 Å². The van der Waals surface area contributed by atoms with Crippen LogP contribution in [-0.2, 0) is 9.47 Å². The van der Waals surface area contributed by atoms with Gasteiger partial charge in [0, 0.05) is 13.2 Å². The number of rotatable bonds is 9. The Hall–Kier alpha value is -0.0800. The molecule has 0 aromatic rings. The van der Waals surface area contributed by atoms with E-state index < -0.39 is 0 Å². The molecule has 0 bridgehead atoms. The third-order valence-corrected chi connectivity index (χ3v) is 2.87. The molecule has 1 heterocycles. The lowest BCUT2D eigenvalue weighted by Crippen LogP contribution is -2.10. The van der Waals surface area contributed by atoms with Crippen molar-refractivity contribution < 1.29 is 9.47 Å². The van der Waals surface area contributed by atoms with Crippen LogP contribution in [0, 0.1) is 5.92 Å². The van der Waals surface area contributed by atoms with E-state index >= 15 is 0 Å². The zero-order valence-corrected chi connectivity index (χ0v) is 9.63. The Morgan fingerprint density at radius 2 is 2.21 bits per heavy atom. The second kappa shape index (κ2) is 7.24. The molecular formula is C12H24O2. The minimum atomic E-state index is 0.583. The molecule has 1 fully saturated rings. The van der Waals surface area contributed by atoms with Gasteiger partial charge in [0.05, 0.1) is 12.7 Å². The Kier molecular flexibility index (Phi) is 6.20. The van der Waals surface area contributed by atoms with Gasteiger partial charge in [0.1, 0.15) is 0 Å². The number of hydrogen-bond acceptors (Lipinski definition) is 2. The molecule has 1 aliphatic heterocycles. The van der Waals surface area contributed by atoms with Crippen molar-refractivity contribution in [3.63, 3.8) is 0 Å². The van der Waals surface area contributed by atoms with E-state index in [-0.39, 0.29) is 0 Å². The van der Waals surface area contributed by atoms with Gasteiger partial charge >= 0.3 is 0 Å². The van der Waals surface area contributed by atoms with Gasteiger partial charge in [0.15, 0.2) is 0 Å². The van der Waals surface area contributed by atoms with Gasteiger partial charge in [-0.2, -0.15) is 0 Å². The Bertz CT molecular complexity index is 132. The molecule has 0 radical (unpaired) electrons. The first-order chi connectivity index (χ1) is 6.86. The highest BCUT2D eigenvalue weighted by molar-refractivity contribution is 4.70. The second-order valence-electron chi connectivity index (χ2n) is 4.24. The maximum Gasteiger partial charge on any atom is 0.0810 e. The predicted octanol–water partition coefficient (Wildman–Crippen LogP) is 3.01. The summed E-state index contributed by atoms with van der Waals surface area (Å²) in [5.74, 6) is 0.746. The fourth-order valence-electron chi connectivity index (χ4n) is 1.56. The van der Waals surface area contributed by atoms with E-state index in [1.165, 1.54) is 32.1 Å². The summed E-state index contributed by atoms with van der Waals surface area (Å²) < 4.78 is 10.8. The molecule has 0 N–H and O–H groups in total. The topological polar surface area (TPSA) is 21.8 Å². The van der Waals surface area contributed by atoms with Crippen LogP contribution in [0.5, 0.6) is 0 Å². The van der Waals surface area contributed by atoms with Crippen LogP contribution in [0.2, 0.25) is 0 Å². The zero-order chi connectivity index (χ0) is 10.2. The molecule has 0 amide bonds. The molecule has 0 aromatic carbocycles. The molecule has 0 saturated carbocycles. The van der Waals surface area contributed by atoms with E-state index in [4.69, 9.17) is 9.47 Å². The molecule has 1 saturated heterocycles. The van der Waals surface area contributed by atoms with Crippen LogP contribution in [0.4, 0.5) is 0 Å². The summed E-state index contributed by atoms with van der Waals surface area (Å²) in [5, 5.41) is 0. The summed E-state index contributed by atoms with van der Waals surface area (Å²) in [6.07, 6.45) is 6.75. The molecule has 1 rings (SSSR count). The smallest absolute Gasteiger partial charge is 0.0810 e. The van der Waals surface area contributed by atoms with Crippen molar-refractivity contribution in [2.75, 3.05) is 19.8 Å². The first-order valence-electron chi connectivity index (χ1n) is 6.06. The highest BCUT2D eigenvalue weighted by Gasteiger charge is 2.23. The first-order valence-corrected chi connectivity index (χ1v) is 6.06. The maximum atomic E-state index is 5.64. The third-order valence-electron chi connectivity index (χ3n) is 2.87. The van der Waals surface area contributed by atoms with Crippen molar-refractivity contribution in [1.29, 1.82) is 0 Å². The largest absolute Gasteiger partial charge is 0.381 e. The van der Waals surface area contributed by atoms with Gasteiger partial charge in [-0.3, -0.25) is 0 Å². The third kappa shape index (κ3) is 5.61. The quantitative estimate of drug-likeness (QED) is 0.421. The van der Waals surface area contributed by atoms with Crippen LogP contribution < -0.4 is 0 Å². The van der Waals surface area contributed by atoms with E-state index in [1.807, 2.05) is 0 Å². The first kappa shape index (κ1) is 12.0. The summed E-state index contributed by atoms with van der Waals surface area (Å²) in [4.78, 5) is 0. The molecule has 14 heavy (non-hydrogen) atoms. The second-order valence-corrected chi connectivity index (χ2v) is 4.24. The van der Waals surface area contributed by atoms with Gasteiger partial charge in [-0.15, -0.1) is 0 Å². The maximum absolute atomic E-state index is 5.64. The molecule has 0 aromatic heterocycles. The molecule has 2 heteroatoms. The average Bonchev–Trinajstić information content (AvgIpc) is 3.01. The van der Waals surface area contributed by atoms with Crippen molar-refractivity contribution in [1.82, 2.24) is 0 Å². The van der Waals surface area contributed by atoms with Crippen LogP contribution in [0.25, 0.3) is 0 Å². The van der Waals surface area contributed by atoms with Crippen molar-refractivity contribution in [2.45, 2.75) is 52.1 Å². The normalized spacial score (nSPS) is 22.3. The SMILES string of the molecule is CCCCOCC(CC)CCC1CO1. The Labute approximate surface area is 88.0 Å². The van der Waals surface area contributed by atoms with Gasteiger partial charge in [-0.05, 0) is 25.2 Å². The van der Waals surface area contributed by atoms with Crippen LogP contribution in [0.1, 0.15) is 46.0 Å². The lowest BCUT2D eigenvalue weighted by Gasteiger charge is -2.14. The van der Waals surface area contributed by atoms with Gasteiger partial charge in [0.25, 0.3) is 0 Å². The molecular weight excluding hydrogens is 176 g/mol. The standard InChI is InChI=1S/C12H24O2/c1-3-5-8-13-9-11(4-2)6-7-12-10-14-12/h11-12H,3-10H2,1-2H3. The van der Waals surface area contributed by atoms with Gasteiger partial charge < -0.3 is 9.47 Å². The predicted molar refractivity (Wildman–Crippen MR) is 58.5 cm³/mol. The monoisotopic (exact) mass is 200 g/mol. The molecule has 84 valence electrons. The van der Waals surface area contributed by atoms with Crippen LogP contribution >= 0.6 is 0 Å². The summed E-state index contributed by atoms with van der Waals surface area (Å²) in [6, 6.07) is 0. The lowest BCUT2D eigenvalue weighted by molar-refractivity contribution is 0.0910. The van der Waals surface area contributed by atoms with E-state index in [1.54, 1.807) is 0 Å². The Morgan fingerprint density at radius 3 is 2.79 bits per heavy atom. The summed E-state index contributed by atoms with van der Waals surface area (Å²) in [5.41, 5.74) is 0. The van der Waals surface area contributed by atoms with Crippen molar-refractivity contribution in [3.05, 3.63) is 0 Å². The van der Waals surface area contributed by atoms with Crippen molar-refractivity contribution in [2.24, 2.45) is 5.92 Å². The van der Waals surface area contributed by atoms with E-state index in [9.17, 15) is 0 Å². The zero-order valence-electron chi connectivity index (χ0n) is 9.63. The molecule has 0 aliphatic carbocycles. The fraction of sp³-hybridized carbons (Fsp3) is 1.00. The summed E-state index contributed by atoms with van der Waals surface area (Å²) >= 11 is 0.